The van der Waals surface area contributed by atoms with E-state index in [9.17, 15) is 8.42 Å². The third-order valence-electron chi connectivity index (χ3n) is 2.89. The fourth-order valence-corrected chi connectivity index (χ4v) is 4.15. The number of hydrogen-bond donors (Lipinski definition) is 0. The summed E-state index contributed by atoms with van der Waals surface area (Å²) in [5.41, 5.74) is 0.896. The minimum atomic E-state index is -3.48. The molecular weight excluding hydrogens is 360 g/mol. The van der Waals surface area contributed by atoms with Crippen LogP contribution in [0.5, 0.6) is 0 Å². The van der Waals surface area contributed by atoms with Gasteiger partial charge in [-0.05, 0) is 37.6 Å². The summed E-state index contributed by atoms with van der Waals surface area (Å²) in [5.74, 6) is 0. The topological polar surface area (TPSA) is 50.3 Å². The van der Waals surface area contributed by atoms with E-state index in [0.29, 0.717) is 11.4 Å². The lowest BCUT2D eigenvalue weighted by molar-refractivity contribution is 0.469. The standard InChI is InChI=1S/C13H15BrN2O2S2/c1-9-6-12(4-5-13(9)14)20(17,18)16(3)8-11-7-15-10(2)19-11/h4-7H,8H2,1-3H3. The number of nitrogens with zero attached hydrogens (tertiary/aromatic N) is 2. The van der Waals surface area contributed by atoms with E-state index in [0.717, 1.165) is 19.9 Å². The van der Waals surface area contributed by atoms with Crippen LogP contribution in [-0.2, 0) is 16.6 Å². The van der Waals surface area contributed by atoms with Crippen molar-refractivity contribution in [1.29, 1.82) is 0 Å². The van der Waals surface area contributed by atoms with Crippen LogP contribution in [0.2, 0.25) is 0 Å². The van der Waals surface area contributed by atoms with Crippen LogP contribution >= 0.6 is 27.3 Å². The quantitative estimate of drug-likeness (QED) is 0.824. The molecule has 0 atom stereocenters. The smallest absolute Gasteiger partial charge is 0.243 e. The van der Waals surface area contributed by atoms with Gasteiger partial charge in [0.05, 0.1) is 9.90 Å². The second-order valence-corrected chi connectivity index (χ2v) is 8.74. The predicted molar refractivity (Wildman–Crippen MR) is 84.4 cm³/mol. The number of hydrogen-bond acceptors (Lipinski definition) is 4. The SMILES string of the molecule is Cc1ncc(CN(C)S(=O)(=O)c2ccc(Br)c(C)c2)s1. The van der Waals surface area contributed by atoms with Crippen LogP contribution in [0.15, 0.2) is 33.8 Å². The molecule has 0 spiro atoms. The Hall–Kier alpha value is -0.760. The first-order valence-corrected chi connectivity index (χ1v) is 8.99. The minimum Gasteiger partial charge on any atom is -0.250 e. The average molecular weight is 375 g/mol. The van der Waals surface area contributed by atoms with Crippen LogP contribution in [0.3, 0.4) is 0 Å². The normalized spacial score (nSPS) is 12.1. The van der Waals surface area contributed by atoms with Crippen LogP contribution in [0, 0.1) is 13.8 Å². The monoisotopic (exact) mass is 374 g/mol. The highest BCUT2D eigenvalue weighted by Gasteiger charge is 2.22. The van der Waals surface area contributed by atoms with Gasteiger partial charge in [-0.3, -0.25) is 0 Å². The third-order valence-corrected chi connectivity index (χ3v) is 6.47. The van der Waals surface area contributed by atoms with Gasteiger partial charge in [-0.2, -0.15) is 4.31 Å². The van der Waals surface area contributed by atoms with Crippen molar-refractivity contribution in [3.63, 3.8) is 0 Å². The molecule has 2 aromatic rings. The van der Waals surface area contributed by atoms with Gasteiger partial charge in [-0.15, -0.1) is 11.3 Å². The molecule has 0 aliphatic carbocycles. The van der Waals surface area contributed by atoms with Crippen molar-refractivity contribution in [2.45, 2.75) is 25.3 Å². The van der Waals surface area contributed by atoms with Crippen LogP contribution in [0.25, 0.3) is 0 Å². The molecule has 0 saturated carbocycles. The maximum atomic E-state index is 12.5. The van der Waals surface area contributed by atoms with Gasteiger partial charge in [0.1, 0.15) is 0 Å². The molecule has 0 saturated heterocycles. The molecule has 0 aliphatic heterocycles. The number of thiazole rings is 1. The summed E-state index contributed by atoms with van der Waals surface area (Å²) in [4.78, 5) is 5.38. The van der Waals surface area contributed by atoms with Crippen molar-refractivity contribution in [2.75, 3.05) is 7.05 Å². The first-order chi connectivity index (χ1) is 9.30. The Morgan fingerprint density at radius 2 is 2.05 bits per heavy atom. The molecule has 1 aromatic carbocycles. The molecule has 0 unspecified atom stereocenters. The lowest BCUT2D eigenvalue weighted by Crippen LogP contribution is -2.26. The van der Waals surface area contributed by atoms with E-state index in [-0.39, 0.29) is 0 Å². The van der Waals surface area contributed by atoms with Crippen LogP contribution < -0.4 is 0 Å². The van der Waals surface area contributed by atoms with Gasteiger partial charge < -0.3 is 0 Å². The van der Waals surface area contributed by atoms with Gasteiger partial charge in [0.15, 0.2) is 0 Å². The predicted octanol–water partition coefficient (Wildman–Crippen LogP) is 3.34. The number of benzene rings is 1. The molecule has 20 heavy (non-hydrogen) atoms. The van der Waals surface area contributed by atoms with Gasteiger partial charge in [0.2, 0.25) is 10.0 Å². The Balaban J connectivity index is 2.27. The number of halogens is 1. The molecule has 0 N–H and O–H groups in total. The first kappa shape index (κ1) is 15.6. The van der Waals surface area contributed by atoms with E-state index in [4.69, 9.17) is 0 Å². The van der Waals surface area contributed by atoms with Crippen LogP contribution in [0.4, 0.5) is 0 Å². The summed E-state index contributed by atoms with van der Waals surface area (Å²) in [6.45, 7) is 4.11. The Kier molecular flexibility index (Phi) is 4.63. The Morgan fingerprint density at radius 3 is 2.60 bits per heavy atom. The lowest BCUT2D eigenvalue weighted by Gasteiger charge is -2.16. The zero-order valence-corrected chi connectivity index (χ0v) is 14.6. The second kappa shape index (κ2) is 5.93. The summed E-state index contributed by atoms with van der Waals surface area (Å²) in [6.07, 6.45) is 1.72. The number of aryl methyl sites for hydroxylation is 2. The van der Waals surface area contributed by atoms with E-state index in [2.05, 4.69) is 20.9 Å². The highest BCUT2D eigenvalue weighted by molar-refractivity contribution is 9.10. The van der Waals surface area contributed by atoms with E-state index in [1.807, 2.05) is 13.8 Å². The summed E-state index contributed by atoms with van der Waals surface area (Å²) < 4.78 is 27.3. The largest absolute Gasteiger partial charge is 0.250 e. The highest BCUT2D eigenvalue weighted by atomic mass is 79.9. The molecule has 0 bridgehead atoms. The average Bonchev–Trinajstić information content (AvgIpc) is 2.78. The molecule has 4 nitrogen and oxygen atoms in total. The molecule has 0 amide bonds. The van der Waals surface area contributed by atoms with E-state index >= 15 is 0 Å². The molecule has 108 valence electrons. The van der Waals surface area contributed by atoms with Crippen molar-refractivity contribution < 1.29 is 8.42 Å². The molecule has 7 heteroatoms. The fourth-order valence-electron chi connectivity index (χ4n) is 1.74. The van der Waals surface area contributed by atoms with Gasteiger partial charge in [0, 0.05) is 29.1 Å². The lowest BCUT2D eigenvalue weighted by atomic mass is 10.2. The Labute approximate surface area is 131 Å². The summed E-state index contributed by atoms with van der Waals surface area (Å²) in [5, 5.41) is 0.935. The second-order valence-electron chi connectivity index (χ2n) is 4.52. The zero-order valence-electron chi connectivity index (χ0n) is 11.4. The van der Waals surface area contributed by atoms with E-state index in [1.54, 1.807) is 31.4 Å². The third kappa shape index (κ3) is 3.28. The molecule has 2 rings (SSSR count). The minimum absolute atomic E-state index is 0.307. The number of sulfonamides is 1. The fraction of sp³-hybridized carbons (Fsp3) is 0.308. The highest BCUT2D eigenvalue weighted by Crippen LogP contribution is 2.23. The molecule has 1 heterocycles. The molecule has 0 fully saturated rings. The van der Waals surface area contributed by atoms with Gasteiger partial charge in [-0.25, -0.2) is 13.4 Å². The van der Waals surface area contributed by atoms with E-state index in [1.165, 1.54) is 15.6 Å². The van der Waals surface area contributed by atoms with Gasteiger partial charge >= 0.3 is 0 Å². The number of aromatic nitrogens is 1. The van der Waals surface area contributed by atoms with Crippen molar-refractivity contribution in [3.8, 4) is 0 Å². The Morgan fingerprint density at radius 1 is 1.35 bits per heavy atom. The van der Waals surface area contributed by atoms with E-state index < -0.39 is 10.0 Å². The van der Waals surface area contributed by atoms with Crippen molar-refractivity contribution in [1.82, 2.24) is 9.29 Å². The van der Waals surface area contributed by atoms with Gasteiger partial charge in [0.25, 0.3) is 0 Å². The zero-order chi connectivity index (χ0) is 14.9. The first-order valence-electron chi connectivity index (χ1n) is 5.94. The molecule has 0 radical (unpaired) electrons. The van der Waals surface area contributed by atoms with Gasteiger partial charge in [-0.1, -0.05) is 15.9 Å². The maximum absolute atomic E-state index is 12.5. The summed E-state index contributed by atoms with van der Waals surface area (Å²) in [7, 11) is -1.89. The molecule has 1 aromatic heterocycles. The summed E-state index contributed by atoms with van der Waals surface area (Å²) >= 11 is 4.88. The summed E-state index contributed by atoms with van der Waals surface area (Å²) in [6, 6.07) is 5.04. The Bertz CT molecular complexity index is 726. The van der Waals surface area contributed by atoms with Crippen LogP contribution in [0.1, 0.15) is 15.4 Å². The number of rotatable bonds is 4. The van der Waals surface area contributed by atoms with Crippen molar-refractivity contribution in [3.05, 3.63) is 44.3 Å². The molecule has 0 aliphatic rings. The van der Waals surface area contributed by atoms with Crippen molar-refractivity contribution >= 4 is 37.3 Å². The molecular formula is C13H15BrN2O2S2. The van der Waals surface area contributed by atoms with Crippen molar-refractivity contribution in [2.24, 2.45) is 0 Å². The van der Waals surface area contributed by atoms with Crippen LogP contribution in [-0.4, -0.2) is 24.8 Å². The maximum Gasteiger partial charge on any atom is 0.243 e.